The van der Waals surface area contributed by atoms with Crippen molar-refractivity contribution in [1.29, 1.82) is 0 Å². The number of hydrogen-bond acceptors (Lipinski definition) is 4. The molecule has 0 amide bonds. The summed E-state index contributed by atoms with van der Waals surface area (Å²) in [4.78, 5) is 44.3. The average Bonchev–Trinajstić information content (AvgIpc) is 3.18. The van der Waals surface area contributed by atoms with Gasteiger partial charge in [-0.25, -0.2) is 4.39 Å². The molecule has 1 aromatic carbocycles. The topological polar surface area (TPSA) is 68.3 Å². The first-order chi connectivity index (χ1) is 12.7. The molecule has 3 atom stereocenters. The molecule has 2 aliphatic rings. The van der Waals surface area contributed by atoms with Crippen LogP contribution in [-0.4, -0.2) is 23.1 Å². The summed E-state index contributed by atoms with van der Waals surface area (Å²) in [7, 11) is 0. The van der Waals surface area contributed by atoms with E-state index in [1.165, 1.54) is 13.0 Å². The monoisotopic (exact) mass is 394 g/mol. The lowest BCUT2D eigenvalue weighted by molar-refractivity contribution is -0.124. The second kappa shape index (κ2) is 9.36. The van der Waals surface area contributed by atoms with E-state index in [9.17, 15) is 23.6 Å². The van der Waals surface area contributed by atoms with Crippen molar-refractivity contribution in [3.63, 3.8) is 0 Å². The Morgan fingerprint density at radius 3 is 2.22 bits per heavy atom. The molecule has 0 saturated heterocycles. The summed E-state index contributed by atoms with van der Waals surface area (Å²) in [6.45, 7) is 3.08. The SMILES string of the molecule is CC(=O)[C@@H]1CC(=O)[C@@H](Cc2ccc(F)c(Cl)c2)C1.CC(=O)[C@H]1CCC(=O)C1. The van der Waals surface area contributed by atoms with Crippen LogP contribution in [0.25, 0.3) is 0 Å². The summed E-state index contributed by atoms with van der Waals surface area (Å²) in [5.74, 6) is -0.0780. The number of ketones is 4. The molecule has 0 spiro atoms. The lowest BCUT2D eigenvalue weighted by Crippen LogP contribution is -2.09. The second-order valence-electron chi connectivity index (χ2n) is 7.45. The third kappa shape index (κ3) is 6.06. The zero-order valence-corrected chi connectivity index (χ0v) is 16.4. The highest BCUT2D eigenvalue weighted by Gasteiger charge is 2.34. The molecule has 0 N–H and O–H groups in total. The molecule has 4 nitrogen and oxygen atoms in total. The number of carbonyl (C=O) groups excluding carboxylic acids is 4. The molecule has 2 fully saturated rings. The summed E-state index contributed by atoms with van der Waals surface area (Å²) < 4.78 is 13.0. The fourth-order valence-corrected chi connectivity index (χ4v) is 3.79. The van der Waals surface area contributed by atoms with Gasteiger partial charge in [-0.15, -0.1) is 0 Å². The first-order valence-corrected chi connectivity index (χ1v) is 9.54. The van der Waals surface area contributed by atoms with Crippen LogP contribution in [0.5, 0.6) is 0 Å². The van der Waals surface area contributed by atoms with Gasteiger partial charge in [-0.1, -0.05) is 17.7 Å². The van der Waals surface area contributed by atoms with Gasteiger partial charge in [0, 0.05) is 37.0 Å². The normalized spacial score (nSPS) is 24.5. The fraction of sp³-hybridized carbons (Fsp3) is 0.524. The minimum Gasteiger partial charge on any atom is -0.300 e. The van der Waals surface area contributed by atoms with E-state index in [2.05, 4.69) is 0 Å². The van der Waals surface area contributed by atoms with Gasteiger partial charge < -0.3 is 0 Å². The Balaban J connectivity index is 0.000000244. The third-order valence-electron chi connectivity index (χ3n) is 5.33. The summed E-state index contributed by atoms with van der Waals surface area (Å²) in [5.41, 5.74) is 0.837. The van der Waals surface area contributed by atoms with Crippen LogP contribution in [0, 0.1) is 23.6 Å². The van der Waals surface area contributed by atoms with Crippen LogP contribution in [0.3, 0.4) is 0 Å². The molecule has 2 saturated carbocycles. The first-order valence-electron chi connectivity index (χ1n) is 9.16. The maximum absolute atomic E-state index is 13.0. The van der Waals surface area contributed by atoms with Gasteiger partial charge in [0.05, 0.1) is 5.02 Å². The Kier molecular flexibility index (Phi) is 7.42. The third-order valence-corrected chi connectivity index (χ3v) is 5.62. The van der Waals surface area contributed by atoms with Crippen molar-refractivity contribution < 1.29 is 23.6 Å². The lowest BCUT2D eigenvalue weighted by atomic mass is 9.95. The molecule has 0 unspecified atom stereocenters. The molecule has 0 bridgehead atoms. The van der Waals surface area contributed by atoms with Crippen LogP contribution in [0.2, 0.25) is 5.02 Å². The van der Waals surface area contributed by atoms with E-state index < -0.39 is 5.82 Å². The largest absolute Gasteiger partial charge is 0.300 e. The van der Waals surface area contributed by atoms with Crippen LogP contribution in [-0.2, 0) is 25.6 Å². The number of rotatable bonds is 4. The highest BCUT2D eigenvalue weighted by atomic mass is 35.5. The predicted molar refractivity (Wildman–Crippen MR) is 100 cm³/mol. The van der Waals surface area contributed by atoms with Crippen molar-refractivity contribution in [2.24, 2.45) is 17.8 Å². The molecular weight excluding hydrogens is 371 g/mol. The molecule has 0 heterocycles. The first kappa shape index (κ1) is 21.4. The number of halogens is 2. The number of carbonyl (C=O) groups is 4. The molecule has 146 valence electrons. The minimum atomic E-state index is -0.459. The van der Waals surface area contributed by atoms with E-state index in [1.54, 1.807) is 19.1 Å². The van der Waals surface area contributed by atoms with Crippen molar-refractivity contribution >= 4 is 34.7 Å². The average molecular weight is 395 g/mol. The van der Waals surface area contributed by atoms with Crippen molar-refractivity contribution in [1.82, 2.24) is 0 Å². The lowest BCUT2D eigenvalue weighted by Gasteiger charge is -2.09. The standard InChI is InChI=1S/C14H14ClFO2.C7H10O2/c1-8(17)10-6-11(14(18)7-10)4-9-2-3-13(16)12(15)5-9;1-5(8)6-2-3-7(9)4-6/h2-3,5,10-11H,4,6-7H2,1H3;6H,2-4H2,1H3/t10-,11-;6-/m00/s1. The zero-order valence-electron chi connectivity index (χ0n) is 15.6. The van der Waals surface area contributed by atoms with Crippen molar-refractivity contribution in [2.75, 3.05) is 0 Å². The number of hydrogen-bond donors (Lipinski definition) is 0. The predicted octanol–water partition coefficient (Wildman–Crippen LogP) is 4.15. The van der Waals surface area contributed by atoms with E-state index in [4.69, 9.17) is 11.6 Å². The van der Waals surface area contributed by atoms with E-state index in [0.29, 0.717) is 32.1 Å². The molecule has 0 radical (unpaired) electrons. The van der Waals surface area contributed by atoms with E-state index >= 15 is 0 Å². The molecule has 3 rings (SSSR count). The molecule has 27 heavy (non-hydrogen) atoms. The van der Waals surface area contributed by atoms with E-state index in [1.807, 2.05) is 0 Å². The minimum absolute atomic E-state index is 0.0532. The molecule has 1 aromatic rings. The van der Waals surface area contributed by atoms with Gasteiger partial charge in [-0.3, -0.25) is 19.2 Å². The quantitative estimate of drug-likeness (QED) is 0.769. The molecule has 0 aromatic heterocycles. The van der Waals surface area contributed by atoms with Gasteiger partial charge in [-0.2, -0.15) is 0 Å². The number of Topliss-reactive ketones (excluding diaryl/α,β-unsaturated/α-hetero) is 4. The molecule has 0 aliphatic heterocycles. The van der Waals surface area contributed by atoms with E-state index in [-0.39, 0.29) is 45.9 Å². The van der Waals surface area contributed by atoms with E-state index in [0.717, 1.165) is 12.0 Å². The summed E-state index contributed by atoms with van der Waals surface area (Å²) in [6, 6.07) is 4.49. The van der Waals surface area contributed by atoms with Crippen LogP contribution in [0.4, 0.5) is 4.39 Å². The van der Waals surface area contributed by atoms with Crippen molar-refractivity contribution in [3.05, 3.63) is 34.6 Å². The van der Waals surface area contributed by atoms with Crippen molar-refractivity contribution in [2.45, 2.75) is 52.4 Å². The Labute approximate surface area is 163 Å². The number of benzene rings is 1. The van der Waals surface area contributed by atoms with Gasteiger partial charge in [0.15, 0.2) is 0 Å². The van der Waals surface area contributed by atoms with Gasteiger partial charge >= 0.3 is 0 Å². The van der Waals surface area contributed by atoms with Crippen LogP contribution in [0.1, 0.15) is 51.5 Å². The Morgan fingerprint density at radius 2 is 1.78 bits per heavy atom. The van der Waals surface area contributed by atoms with Crippen molar-refractivity contribution in [3.8, 4) is 0 Å². The van der Waals surface area contributed by atoms with Crippen LogP contribution >= 0.6 is 11.6 Å². The highest BCUT2D eigenvalue weighted by molar-refractivity contribution is 6.30. The maximum atomic E-state index is 13.0. The Bertz CT molecular complexity index is 759. The second-order valence-corrected chi connectivity index (χ2v) is 7.86. The summed E-state index contributed by atoms with van der Waals surface area (Å²) in [6.07, 6.45) is 3.37. The van der Waals surface area contributed by atoms with Gasteiger partial charge in [-0.05, 0) is 50.8 Å². The van der Waals surface area contributed by atoms with Gasteiger partial charge in [0.2, 0.25) is 0 Å². The smallest absolute Gasteiger partial charge is 0.141 e. The molecular formula is C21H24ClFO4. The fourth-order valence-electron chi connectivity index (χ4n) is 3.59. The highest BCUT2D eigenvalue weighted by Crippen LogP contribution is 2.31. The Hall–Kier alpha value is -1.88. The summed E-state index contributed by atoms with van der Waals surface area (Å²) in [5, 5.41) is 0.0704. The van der Waals surface area contributed by atoms with Crippen LogP contribution in [0.15, 0.2) is 18.2 Å². The molecule has 2 aliphatic carbocycles. The Morgan fingerprint density at radius 1 is 1.11 bits per heavy atom. The van der Waals surface area contributed by atoms with Gasteiger partial charge in [0.25, 0.3) is 0 Å². The summed E-state index contributed by atoms with van der Waals surface area (Å²) >= 11 is 5.70. The zero-order chi connectivity index (χ0) is 20.1. The maximum Gasteiger partial charge on any atom is 0.141 e. The van der Waals surface area contributed by atoms with Crippen LogP contribution < -0.4 is 0 Å². The molecule has 6 heteroatoms. The van der Waals surface area contributed by atoms with Gasteiger partial charge in [0.1, 0.15) is 29.0 Å².